The summed E-state index contributed by atoms with van der Waals surface area (Å²) in [5, 5.41) is 2.73. The number of piperidine rings is 1. The minimum absolute atomic E-state index is 0.136. The van der Waals surface area contributed by atoms with Crippen LogP contribution in [-0.4, -0.2) is 51.4 Å². The predicted molar refractivity (Wildman–Crippen MR) is 91.2 cm³/mol. The Hall–Kier alpha value is -1.64. The summed E-state index contributed by atoms with van der Waals surface area (Å²) in [6, 6.07) is 6.46. The van der Waals surface area contributed by atoms with Gasteiger partial charge in [-0.3, -0.25) is 4.79 Å². The largest absolute Gasteiger partial charge is 0.494 e. The lowest BCUT2D eigenvalue weighted by atomic mass is 9.99. The van der Waals surface area contributed by atoms with Gasteiger partial charge in [0.1, 0.15) is 5.75 Å². The smallest absolute Gasteiger partial charge is 0.243 e. The summed E-state index contributed by atoms with van der Waals surface area (Å²) >= 11 is 0. The molecule has 134 valence electrons. The number of rotatable bonds is 7. The highest BCUT2D eigenvalue weighted by atomic mass is 32.2. The third kappa shape index (κ3) is 4.46. The second-order valence-corrected chi connectivity index (χ2v) is 7.63. The quantitative estimate of drug-likeness (QED) is 0.744. The summed E-state index contributed by atoms with van der Waals surface area (Å²) in [6.07, 6.45) is 1.34. The second-order valence-electron chi connectivity index (χ2n) is 5.69. The van der Waals surface area contributed by atoms with Crippen LogP contribution in [0.1, 0.15) is 19.8 Å². The van der Waals surface area contributed by atoms with Crippen LogP contribution in [0.2, 0.25) is 0 Å². The zero-order chi connectivity index (χ0) is 17.6. The molecule has 1 aliphatic rings. The summed E-state index contributed by atoms with van der Waals surface area (Å²) < 4.78 is 32.4. The Labute approximate surface area is 143 Å². The molecule has 1 unspecified atom stereocenters. The lowest BCUT2D eigenvalue weighted by Crippen LogP contribution is -2.46. The first-order valence-electron chi connectivity index (χ1n) is 8.19. The first-order chi connectivity index (χ1) is 11.5. The average Bonchev–Trinajstić information content (AvgIpc) is 2.60. The molecule has 0 aromatic heterocycles. The van der Waals surface area contributed by atoms with Crippen LogP contribution in [0, 0.1) is 5.92 Å². The molecular formula is C16H25N3O4S. The van der Waals surface area contributed by atoms with Crippen LogP contribution in [0.5, 0.6) is 5.75 Å². The molecule has 0 saturated carbocycles. The number of sulfonamides is 1. The number of ether oxygens (including phenoxy) is 1. The molecule has 1 heterocycles. The molecule has 1 aromatic rings. The molecule has 1 aromatic carbocycles. The van der Waals surface area contributed by atoms with Crippen LogP contribution >= 0.6 is 0 Å². The van der Waals surface area contributed by atoms with E-state index < -0.39 is 10.0 Å². The van der Waals surface area contributed by atoms with E-state index in [0.29, 0.717) is 44.8 Å². The summed E-state index contributed by atoms with van der Waals surface area (Å²) in [7, 11) is -3.64. The lowest BCUT2D eigenvalue weighted by Gasteiger charge is -2.31. The van der Waals surface area contributed by atoms with Crippen molar-refractivity contribution >= 4 is 15.9 Å². The fraction of sp³-hybridized carbons (Fsp3) is 0.562. The Balaban J connectivity index is 2.13. The zero-order valence-electron chi connectivity index (χ0n) is 13.9. The molecule has 1 fully saturated rings. The van der Waals surface area contributed by atoms with E-state index in [0.717, 1.165) is 0 Å². The lowest BCUT2D eigenvalue weighted by molar-refractivity contribution is -0.126. The molecule has 1 saturated heterocycles. The first kappa shape index (κ1) is 18.7. The molecule has 1 aliphatic heterocycles. The van der Waals surface area contributed by atoms with Gasteiger partial charge >= 0.3 is 0 Å². The van der Waals surface area contributed by atoms with Gasteiger partial charge < -0.3 is 15.8 Å². The third-order valence-electron chi connectivity index (χ3n) is 3.95. The number of hydrogen-bond donors (Lipinski definition) is 2. The molecule has 1 atom stereocenters. The van der Waals surface area contributed by atoms with Crippen LogP contribution in [0.3, 0.4) is 0 Å². The Morgan fingerprint density at radius 2 is 2.25 bits per heavy atom. The normalized spacial score (nSPS) is 19.0. The maximum Gasteiger partial charge on any atom is 0.243 e. The van der Waals surface area contributed by atoms with Gasteiger partial charge in [0.15, 0.2) is 0 Å². The molecule has 8 heteroatoms. The summed E-state index contributed by atoms with van der Waals surface area (Å²) in [4.78, 5) is 12.3. The molecule has 0 bridgehead atoms. The van der Waals surface area contributed by atoms with E-state index in [9.17, 15) is 13.2 Å². The van der Waals surface area contributed by atoms with E-state index >= 15 is 0 Å². The molecule has 24 heavy (non-hydrogen) atoms. The van der Waals surface area contributed by atoms with Gasteiger partial charge in [-0.1, -0.05) is 6.07 Å². The van der Waals surface area contributed by atoms with Crippen LogP contribution in [-0.2, 0) is 14.8 Å². The second kappa shape index (κ2) is 8.46. The highest BCUT2D eigenvalue weighted by molar-refractivity contribution is 7.89. The van der Waals surface area contributed by atoms with Crippen molar-refractivity contribution in [2.24, 2.45) is 11.7 Å². The first-order valence-corrected chi connectivity index (χ1v) is 9.63. The molecule has 3 N–H and O–H groups in total. The Morgan fingerprint density at radius 3 is 2.96 bits per heavy atom. The molecular weight excluding hydrogens is 330 g/mol. The van der Waals surface area contributed by atoms with Crippen LogP contribution in [0.15, 0.2) is 29.2 Å². The number of carbonyl (C=O) groups excluding carboxylic acids is 1. The number of nitrogens with one attached hydrogen (secondary N) is 1. The Bertz CT molecular complexity index is 663. The molecule has 0 radical (unpaired) electrons. The van der Waals surface area contributed by atoms with Gasteiger partial charge in [-0.15, -0.1) is 0 Å². The van der Waals surface area contributed by atoms with Gasteiger partial charge in [-0.05, 0) is 31.9 Å². The molecule has 0 aliphatic carbocycles. The summed E-state index contributed by atoms with van der Waals surface area (Å²) in [5.41, 5.74) is 5.38. The summed E-state index contributed by atoms with van der Waals surface area (Å²) in [6.45, 7) is 3.69. The zero-order valence-corrected chi connectivity index (χ0v) is 14.7. The van der Waals surface area contributed by atoms with Crippen molar-refractivity contribution in [2.45, 2.75) is 24.7 Å². The molecule has 1 amide bonds. The van der Waals surface area contributed by atoms with Crippen molar-refractivity contribution in [1.82, 2.24) is 9.62 Å². The molecule has 0 spiro atoms. The maximum absolute atomic E-state index is 12.8. The fourth-order valence-corrected chi connectivity index (χ4v) is 4.31. The van der Waals surface area contributed by atoms with Crippen molar-refractivity contribution in [3.05, 3.63) is 24.3 Å². The van der Waals surface area contributed by atoms with Crippen molar-refractivity contribution in [3.63, 3.8) is 0 Å². The van der Waals surface area contributed by atoms with E-state index in [1.807, 2.05) is 6.92 Å². The highest BCUT2D eigenvalue weighted by Crippen LogP contribution is 2.26. The molecule has 7 nitrogen and oxygen atoms in total. The Morgan fingerprint density at radius 1 is 1.46 bits per heavy atom. The number of nitrogens with zero attached hydrogens (tertiary/aromatic N) is 1. The summed E-state index contributed by atoms with van der Waals surface area (Å²) in [5.74, 6) is 0.0476. The van der Waals surface area contributed by atoms with Crippen molar-refractivity contribution in [2.75, 3.05) is 32.8 Å². The van der Waals surface area contributed by atoms with E-state index in [4.69, 9.17) is 10.5 Å². The van der Waals surface area contributed by atoms with Crippen LogP contribution in [0.25, 0.3) is 0 Å². The number of benzene rings is 1. The number of hydrogen-bond acceptors (Lipinski definition) is 5. The van der Waals surface area contributed by atoms with E-state index in [2.05, 4.69) is 5.32 Å². The number of nitrogens with two attached hydrogens (primary N) is 1. The van der Waals surface area contributed by atoms with Gasteiger partial charge in [0.05, 0.1) is 17.4 Å². The minimum atomic E-state index is -3.64. The fourth-order valence-electron chi connectivity index (χ4n) is 2.75. The topological polar surface area (TPSA) is 102 Å². The van der Waals surface area contributed by atoms with Gasteiger partial charge in [0.25, 0.3) is 0 Å². The SMILES string of the molecule is CCOc1cccc(S(=O)(=O)N2CCCC(C(=O)NCCN)C2)c1. The maximum atomic E-state index is 12.8. The predicted octanol–water partition coefficient (Wildman–Crippen LogP) is 0.561. The number of carbonyl (C=O) groups is 1. The number of amides is 1. The van der Waals surface area contributed by atoms with Crippen molar-refractivity contribution < 1.29 is 17.9 Å². The van der Waals surface area contributed by atoms with Crippen LogP contribution < -0.4 is 15.8 Å². The van der Waals surface area contributed by atoms with Crippen molar-refractivity contribution in [3.8, 4) is 5.75 Å². The van der Waals surface area contributed by atoms with Gasteiger partial charge in [0.2, 0.25) is 15.9 Å². The minimum Gasteiger partial charge on any atom is -0.494 e. The van der Waals surface area contributed by atoms with Gasteiger partial charge in [-0.2, -0.15) is 4.31 Å². The van der Waals surface area contributed by atoms with E-state index in [-0.39, 0.29) is 23.3 Å². The van der Waals surface area contributed by atoms with E-state index in [1.54, 1.807) is 18.2 Å². The Kier molecular flexibility index (Phi) is 6.59. The third-order valence-corrected chi connectivity index (χ3v) is 5.81. The molecule has 2 rings (SSSR count). The van der Waals surface area contributed by atoms with Crippen LogP contribution in [0.4, 0.5) is 0 Å². The van der Waals surface area contributed by atoms with Gasteiger partial charge in [-0.25, -0.2) is 8.42 Å². The monoisotopic (exact) mass is 355 g/mol. The average molecular weight is 355 g/mol. The van der Waals surface area contributed by atoms with Crippen molar-refractivity contribution in [1.29, 1.82) is 0 Å². The highest BCUT2D eigenvalue weighted by Gasteiger charge is 2.33. The van der Waals surface area contributed by atoms with E-state index in [1.165, 1.54) is 10.4 Å². The standard InChI is InChI=1S/C16H25N3O4S/c1-2-23-14-6-3-7-15(11-14)24(21,22)19-10-4-5-13(12-19)16(20)18-9-8-17/h3,6-7,11,13H,2,4-5,8-10,12,17H2,1H3,(H,18,20). The van der Waals surface area contributed by atoms with Gasteiger partial charge in [0, 0.05) is 32.2 Å².